The third kappa shape index (κ3) is 3.39. The molecule has 0 aliphatic heterocycles. The number of pyridine rings is 1. The van der Waals surface area contributed by atoms with E-state index in [1.54, 1.807) is 0 Å². The first kappa shape index (κ1) is 15.9. The van der Waals surface area contributed by atoms with Crippen LogP contribution >= 0.6 is 0 Å². The smallest absolute Gasteiger partial charge is 0.307 e. The summed E-state index contributed by atoms with van der Waals surface area (Å²) >= 11 is 0. The number of halogens is 1. The molecule has 116 valence electrons. The first-order chi connectivity index (χ1) is 10.6. The average Bonchev–Trinajstić information content (AvgIpc) is 2.54. The van der Waals surface area contributed by atoms with E-state index in [0.29, 0.717) is 22.8 Å². The Morgan fingerprint density at radius 1 is 1.32 bits per heavy atom. The third-order valence-electron chi connectivity index (χ3n) is 3.48. The number of fused-ring (bicyclic) bond motifs is 1. The van der Waals surface area contributed by atoms with Crippen molar-refractivity contribution in [2.75, 3.05) is 7.11 Å². The van der Waals surface area contributed by atoms with E-state index in [2.05, 4.69) is 15.0 Å². The van der Waals surface area contributed by atoms with Gasteiger partial charge in [0.25, 0.3) is 5.91 Å². The lowest BCUT2D eigenvalue weighted by Crippen LogP contribution is -2.36. The Hall–Kier alpha value is -2.50. The highest BCUT2D eigenvalue weighted by atomic mass is 19.1. The van der Waals surface area contributed by atoms with Crippen molar-refractivity contribution < 1.29 is 18.7 Å². The number of methoxy groups -OCH3 is 1. The number of amides is 1. The summed E-state index contributed by atoms with van der Waals surface area (Å²) in [5.74, 6) is -1.16. The van der Waals surface area contributed by atoms with Crippen molar-refractivity contribution >= 4 is 22.6 Å². The molecule has 0 aliphatic rings. The summed E-state index contributed by atoms with van der Waals surface area (Å²) < 4.78 is 18.4. The molecule has 5 nitrogen and oxygen atoms in total. The molecule has 1 atom stereocenters. The summed E-state index contributed by atoms with van der Waals surface area (Å²) in [6.45, 7) is 1.86. The van der Waals surface area contributed by atoms with Gasteiger partial charge in [0.15, 0.2) is 0 Å². The Balaban J connectivity index is 2.26. The quantitative estimate of drug-likeness (QED) is 0.862. The fourth-order valence-corrected chi connectivity index (χ4v) is 2.20. The SMILES string of the molecule is CC[C@H](CC(=O)OC)NC(=O)c1ccc(F)c2ccncc12. The van der Waals surface area contributed by atoms with Crippen LogP contribution in [0.1, 0.15) is 30.1 Å². The van der Waals surface area contributed by atoms with E-state index < -0.39 is 11.8 Å². The molecule has 0 unspecified atom stereocenters. The Morgan fingerprint density at radius 2 is 2.09 bits per heavy atom. The van der Waals surface area contributed by atoms with Crippen LogP contribution in [0.15, 0.2) is 30.6 Å². The van der Waals surface area contributed by atoms with Crippen LogP contribution in [0.25, 0.3) is 10.8 Å². The molecule has 0 bridgehead atoms. The van der Waals surface area contributed by atoms with Crippen LogP contribution in [-0.2, 0) is 9.53 Å². The maximum absolute atomic E-state index is 13.8. The molecule has 6 heteroatoms. The molecule has 22 heavy (non-hydrogen) atoms. The van der Waals surface area contributed by atoms with Crippen LogP contribution in [0.4, 0.5) is 4.39 Å². The van der Waals surface area contributed by atoms with Gasteiger partial charge in [0.1, 0.15) is 5.82 Å². The summed E-state index contributed by atoms with van der Waals surface area (Å²) in [7, 11) is 1.30. The number of rotatable bonds is 5. The second-order valence-electron chi connectivity index (χ2n) is 4.88. The maximum atomic E-state index is 13.8. The fraction of sp³-hybridized carbons (Fsp3) is 0.312. The van der Waals surface area contributed by atoms with E-state index in [4.69, 9.17) is 0 Å². The van der Waals surface area contributed by atoms with Gasteiger partial charge in [-0.15, -0.1) is 0 Å². The van der Waals surface area contributed by atoms with Gasteiger partial charge < -0.3 is 10.1 Å². The van der Waals surface area contributed by atoms with Crippen LogP contribution in [0.2, 0.25) is 0 Å². The zero-order valence-corrected chi connectivity index (χ0v) is 12.4. The summed E-state index contributed by atoms with van der Waals surface area (Å²) in [6, 6.07) is 3.85. The number of nitrogens with zero attached hydrogens (tertiary/aromatic N) is 1. The molecule has 1 aromatic carbocycles. The minimum atomic E-state index is -0.407. The van der Waals surface area contributed by atoms with Gasteiger partial charge in [0.2, 0.25) is 0 Å². The molecule has 0 saturated heterocycles. The van der Waals surface area contributed by atoms with Crippen molar-refractivity contribution in [3.8, 4) is 0 Å². The maximum Gasteiger partial charge on any atom is 0.307 e. The summed E-state index contributed by atoms with van der Waals surface area (Å²) in [4.78, 5) is 27.7. The normalized spacial score (nSPS) is 12.0. The first-order valence-electron chi connectivity index (χ1n) is 6.96. The number of aromatic nitrogens is 1. The second-order valence-corrected chi connectivity index (χ2v) is 4.88. The van der Waals surface area contributed by atoms with Gasteiger partial charge in [-0.2, -0.15) is 0 Å². The number of benzene rings is 1. The van der Waals surface area contributed by atoms with Crippen LogP contribution < -0.4 is 5.32 Å². The lowest BCUT2D eigenvalue weighted by atomic mass is 10.0. The number of carbonyl (C=O) groups is 2. The van der Waals surface area contributed by atoms with Crippen molar-refractivity contribution in [2.24, 2.45) is 0 Å². The topological polar surface area (TPSA) is 68.3 Å². The number of esters is 1. The van der Waals surface area contributed by atoms with Crippen LogP contribution in [0.3, 0.4) is 0 Å². The molecular weight excluding hydrogens is 287 g/mol. The molecule has 1 heterocycles. The fourth-order valence-electron chi connectivity index (χ4n) is 2.20. The average molecular weight is 304 g/mol. The Bertz CT molecular complexity index is 703. The highest BCUT2D eigenvalue weighted by Gasteiger charge is 2.18. The van der Waals surface area contributed by atoms with E-state index in [1.807, 2.05) is 6.92 Å². The minimum absolute atomic E-state index is 0.0934. The molecule has 0 aliphatic carbocycles. The van der Waals surface area contributed by atoms with E-state index in [0.717, 1.165) is 0 Å². The van der Waals surface area contributed by atoms with Gasteiger partial charge in [-0.25, -0.2) is 4.39 Å². The molecule has 1 amide bonds. The number of ether oxygens (including phenoxy) is 1. The van der Waals surface area contributed by atoms with Crippen molar-refractivity contribution in [2.45, 2.75) is 25.8 Å². The Morgan fingerprint density at radius 3 is 2.77 bits per heavy atom. The highest BCUT2D eigenvalue weighted by Crippen LogP contribution is 2.21. The Kier molecular flexibility index (Phi) is 5.04. The highest BCUT2D eigenvalue weighted by molar-refractivity contribution is 6.07. The third-order valence-corrected chi connectivity index (χ3v) is 3.48. The lowest BCUT2D eigenvalue weighted by Gasteiger charge is -2.16. The van der Waals surface area contributed by atoms with Gasteiger partial charge in [-0.1, -0.05) is 6.92 Å². The Labute approximate surface area is 127 Å². The summed E-state index contributed by atoms with van der Waals surface area (Å²) in [6.07, 6.45) is 3.60. The van der Waals surface area contributed by atoms with Gasteiger partial charge in [0, 0.05) is 34.8 Å². The van der Waals surface area contributed by atoms with Gasteiger partial charge in [0.05, 0.1) is 13.5 Å². The van der Waals surface area contributed by atoms with Crippen molar-refractivity contribution in [1.29, 1.82) is 0 Å². The first-order valence-corrected chi connectivity index (χ1v) is 6.96. The van der Waals surface area contributed by atoms with E-state index >= 15 is 0 Å². The van der Waals surface area contributed by atoms with Gasteiger partial charge >= 0.3 is 5.97 Å². The van der Waals surface area contributed by atoms with E-state index in [9.17, 15) is 14.0 Å². The van der Waals surface area contributed by atoms with Crippen LogP contribution in [0.5, 0.6) is 0 Å². The molecule has 1 aromatic heterocycles. The van der Waals surface area contributed by atoms with Crippen LogP contribution in [0, 0.1) is 5.82 Å². The van der Waals surface area contributed by atoms with Crippen molar-refractivity contribution in [3.63, 3.8) is 0 Å². The molecule has 1 N–H and O–H groups in total. The molecular formula is C16H17FN2O3. The monoisotopic (exact) mass is 304 g/mol. The standard InChI is InChI=1S/C16H17FN2O3/c1-3-10(8-15(20)22-2)19-16(21)12-4-5-14(17)11-6-7-18-9-13(11)12/h4-7,9-10H,3,8H2,1-2H3,(H,19,21)/t10-/m1/s1. The number of hydrogen-bond acceptors (Lipinski definition) is 4. The second kappa shape index (κ2) is 6.98. The zero-order valence-electron chi connectivity index (χ0n) is 12.4. The van der Waals surface area contributed by atoms with Gasteiger partial charge in [-0.05, 0) is 24.6 Å². The largest absolute Gasteiger partial charge is 0.469 e. The molecule has 2 rings (SSSR count). The zero-order chi connectivity index (χ0) is 16.1. The minimum Gasteiger partial charge on any atom is -0.469 e. The molecule has 0 saturated carbocycles. The number of carbonyl (C=O) groups excluding carboxylic acids is 2. The van der Waals surface area contributed by atoms with E-state index in [-0.39, 0.29) is 18.4 Å². The molecule has 0 radical (unpaired) electrons. The summed E-state index contributed by atoms with van der Waals surface area (Å²) in [5, 5.41) is 3.54. The molecule has 2 aromatic rings. The predicted octanol–water partition coefficient (Wildman–Crippen LogP) is 2.45. The molecule has 0 fully saturated rings. The van der Waals surface area contributed by atoms with Crippen LogP contribution in [-0.4, -0.2) is 30.0 Å². The van der Waals surface area contributed by atoms with Crippen molar-refractivity contribution in [3.05, 3.63) is 42.0 Å². The van der Waals surface area contributed by atoms with E-state index in [1.165, 1.54) is 37.7 Å². The number of hydrogen-bond donors (Lipinski definition) is 1. The van der Waals surface area contributed by atoms with Gasteiger partial charge in [-0.3, -0.25) is 14.6 Å². The number of nitrogens with one attached hydrogen (secondary N) is 1. The summed E-state index contributed by atoms with van der Waals surface area (Å²) in [5.41, 5.74) is 0.327. The van der Waals surface area contributed by atoms with Crippen molar-refractivity contribution in [1.82, 2.24) is 10.3 Å². The predicted molar refractivity (Wildman–Crippen MR) is 79.9 cm³/mol. The lowest BCUT2D eigenvalue weighted by molar-refractivity contribution is -0.141. The molecule has 0 spiro atoms.